The number of nitrogens with one attached hydrogen (secondary N) is 1. The molecule has 1 aromatic carbocycles. The molecule has 0 fully saturated rings. The molecule has 0 aliphatic carbocycles. The number of hydrogen-bond acceptors (Lipinski definition) is 6. The summed E-state index contributed by atoms with van der Waals surface area (Å²) in [7, 11) is 2.23. The lowest BCUT2D eigenvalue weighted by atomic mass is 10.2. The van der Waals surface area contributed by atoms with Crippen molar-refractivity contribution in [2.45, 2.75) is 0 Å². The molecule has 0 aliphatic rings. The molecule has 8 heteroatoms. The molecule has 20 heavy (non-hydrogen) atoms. The number of anilines is 1. The molecule has 2 N–H and O–H groups in total. The summed E-state index contributed by atoms with van der Waals surface area (Å²) in [5.74, 6) is -2.69. The van der Waals surface area contributed by atoms with E-state index in [1.807, 2.05) is 0 Å². The normalized spacial score (nSPS) is 10.9. The zero-order chi connectivity index (χ0) is 15.3. The first kappa shape index (κ1) is 16.0. The Morgan fingerprint density at radius 3 is 2.55 bits per heavy atom. The molecular weight excluding hydrogens is 337 g/mol. The van der Waals surface area contributed by atoms with E-state index in [9.17, 15) is 19.1 Å². The van der Waals surface area contributed by atoms with Crippen LogP contribution in [0.5, 0.6) is 5.75 Å². The Morgan fingerprint density at radius 2 is 2.00 bits per heavy atom. The van der Waals surface area contributed by atoms with Crippen molar-refractivity contribution in [3.8, 4) is 5.75 Å². The fourth-order valence-electron chi connectivity index (χ4n) is 1.21. The van der Waals surface area contributed by atoms with Crippen LogP contribution in [0, 0.1) is 5.82 Å². The molecule has 0 heterocycles. The summed E-state index contributed by atoms with van der Waals surface area (Å²) in [5, 5.41) is 11.8. The van der Waals surface area contributed by atoms with Gasteiger partial charge in [0.1, 0.15) is 17.3 Å². The van der Waals surface area contributed by atoms with E-state index in [0.29, 0.717) is 0 Å². The van der Waals surface area contributed by atoms with Crippen LogP contribution in [0.4, 0.5) is 10.1 Å². The maximum atomic E-state index is 13.7. The molecule has 0 aliphatic heterocycles. The van der Waals surface area contributed by atoms with Gasteiger partial charge >= 0.3 is 11.9 Å². The van der Waals surface area contributed by atoms with Crippen molar-refractivity contribution >= 4 is 33.6 Å². The van der Waals surface area contributed by atoms with Gasteiger partial charge in [0, 0.05) is 6.07 Å². The number of benzene rings is 1. The minimum atomic E-state index is -0.891. The van der Waals surface area contributed by atoms with E-state index in [0.717, 1.165) is 32.4 Å². The first-order valence-electron chi connectivity index (χ1n) is 5.22. The van der Waals surface area contributed by atoms with E-state index in [4.69, 9.17) is 0 Å². The van der Waals surface area contributed by atoms with Gasteiger partial charge in [0.25, 0.3) is 0 Å². The highest BCUT2D eigenvalue weighted by atomic mass is 79.9. The summed E-state index contributed by atoms with van der Waals surface area (Å²) in [6, 6.07) is 2.05. The van der Waals surface area contributed by atoms with Crippen LogP contribution >= 0.6 is 15.9 Å². The van der Waals surface area contributed by atoms with Gasteiger partial charge in [0.2, 0.25) is 0 Å². The maximum absolute atomic E-state index is 13.7. The molecule has 0 radical (unpaired) electrons. The second-order valence-electron chi connectivity index (χ2n) is 3.48. The lowest BCUT2D eigenvalue weighted by molar-refractivity contribution is -0.138. The third-order valence-corrected chi connectivity index (χ3v) is 2.81. The Labute approximate surface area is 122 Å². The Balaban J connectivity index is 3.14. The van der Waals surface area contributed by atoms with E-state index < -0.39 is 17.8 Å². The van der Waals surface area contributed by atoms with Crippen molar-refractivity contribution in [2.24, 2.45) is 0 Å². The maximum Gasteiger partial charge on any atom is 0.354 e. The van der Waals surface area contributed by atoms with Gasteiger partial charge in [-0.1, -0.05) is 0 Å². The van der Waals surface area contributed by atoms with E-state index >= 15 is 0 Å². The minimum Gasteiger partial charge on any atom is -0.507 e. The molecule has 1 rings (SSSR count). The SMILES string of the molecule is COC(=O)/C=C(/Nc1cc(O)c(Br)cc1F)C(=O)OC. The number of phenols is 1. The Morgan fingerprint density at radius 1 is 1.35 bits per heavy atom. The zero-order valence-corrected chi connectivity index (χ0v) is 12.2. The molecular formula is C12H11BrFNO5. The largest absolute Gasteiger partial charge is 0.507 e. The number of esters is 2. The number of hydrogen-bond donors (Lipinski definition) is 2. The topological polar surface area (TPSA) is 84.9 Å². The molecule has 108 valence electrons. The van der Waals surface area contributed by atoms with E-state index in [2.05, 4.69) is 30.7 Å². The van der Waals surface area contributed by atoms with Crippen LogP contribution < -0.4 is 5.32 Å². The molecule has 0 saturated heterocycles. The van der Waals surface area contributed by atoms with Crippen LogP contribution in [0.3, 0.4) is 0 Å². The number of ether oxygens (including phenoxy) is 2. The average Bonchev–Trinajstić information content (AvgIpc) is 2.42. The summed E-state index contributed by atoms with van der Waals surface area (Å²) in [6.07, 6.45) is 0.810. The highest BCUT2D eigenvalue weighted by Crippen LogP contribution is 2.30. The molecule has 0 spiro atoms. The standard InChI is InChI=1S/C12H11BrFNO5/c1-19-11(17)5-9(12(18)20-2)15-8-4-10(16)6(13)3-7(8)14/h3-5,15-16H,1-2H3/b9-5+. The second kappa shape index (κ2) is 6.90. The number of carbonyl (C=O) groups is 2. The van der Waals surface area contributed by atoms with Crippen molar-refractivity contribution in [3.63, 3.8) is 0 Å². The molecule has 0 amide bonds. The Bertz CT molecular complexity index is 573. The fraction of sp³-hybridized carbons (Fsp3) is 0.167. The summed E-state index contributed by atoms with van der Waals surface area (Å²) in [4.78, 5) is 22.6. The third kappa shape index (κ3) is 3.95. The predicted octanol–water partition coefficient (Wildman–Crippen LogP) is 1.94. The van der Waals surface area contributed by atoms with Crippen molar-refractivity contribution in [1.29, 1.82) is 0 Å². The van der Waals surface area contributed by atoms with E-state index in [1.165, 1.54) is 0 Å². The first-order valence-corrected chi connectivity index (χ1v) is 6.01. The fourth-order valence-corrected chi connectivity index (χ4v) is 1.53. The van der Waals surface area contributed by atoms with Crippen LogP contribution in [0.2, 0.25) is 0 Å². The van der Waals surface area contributed by atoms with Gasteiger partial charge in [-0.15, -0.1) is 0 Å². The summed E-state index contributed by atoms with van der Waals surface area (Å²) >= 11 is 2.94. The molecule has 0 atom stereocenters. The number of methoxy groups -OCH3 is 2. The second-order valence-corrected chi connectivity index (χ2v) is 4.34. The number of carbonyl (C=O) groups excluding carboxylic acids is 2. The smallest absolute Gasteiger partial charge is 0.354 e. The average molecular weight is 348 g/mol. The van der Waals surface area contributed by atoms with Gasteiger partial charge < -0.3 is 19.9 Å². The molecule has 0 aromatic heterocycles. The number of aromatic hydroxyl groups is 1. The minimum absolute atomic E-state index is 0.150. The lowest BCUT2D eigenvalue weighted by Crippen LogP contribution is -2.16. The van der Waals surface area contributed by atoms with Gasteiger partial charge in [-0.25, -0.2) is 14.0 Å². The van der Waals surface area contributed by atoms with Crippen LogP contribution in [0.25, 0.3) is 0 Å². The molecule has 0 saturated carbocycles. The number of phenolic OH excluding ortho intramolecular Hbond substituents is 1. The quantitative estimate of drug-likeness (QED) is 0.639. The lowest BCUT2D eigenvalue weighted by Gasteiger charge is -2.10. The van der Waals surface area contributed by atoms with Gasteiger partial charge in [-0.2, -0.15) is 0 Å². The van der Waals surface area contributed by atoms with E-state index in [1.54, 1.807) is 0 Å². The third-order valence-electron chi connectivity index (χ3n) is 2.17. The van der Waals surface area contributed by atoms with Crippen LogP contribution in [0.1, 0.15) is 0 Å². The van der Waals surface area contributed by atoms with Crippen molar-refractivity contribution < 1.29 is 28.6 Å². The number of rotatable bonds is 4. The Kier molecular flexibility index (Phi) is 5.51. The van der Waals surface area contributed by atoms with Gasteiger partial charge in [0.05, 0.1) is 30.5 Å². The molecule has 0 unspecified atom stereocenters. The molecule has 1 aromatic rings. The monoisotopic (exact) mass is 347 g/mol. The van der Waals surface area contributed by atoms with Crippen molar-refractivity contribution in [3.05, 3.63) is 34.2 Å². The predicted molar refractivity (Wildman–Crippen MR) is 71.5 cm³/mol. The summed E-state index contributed by atoms with van der Waals surface area (Å²) < 4.78 is 22.7. The van der Waals surface area contributed by atoms with Crippen LogP contribution in [-0.4, -0.2) is 31.3 Å². The molecule has 6 nitrogen and oxygen atoms in total. The van der Waals surface area contributed by atoms with Crippen molar-refractivity contribution in [2.75, 3.05) is 19.5 Å². The zero-order valence-electron chi connectivity index (χ0n) is 10.6. The van der Waals surface area contributed by atoms with Gasteiger partial charge in [-0.05, 0) is 22.0 Å². The highest BCUT2D eigenvalue weighted by molar-refractivity contribution is 9.10. The van der Waals surface area contributed by atoms with Gasteiger partial charge in [0.15, 0.2) is 0 Å². The molecule has 0 bridgehead atoms. The summed E-state index contributed by atoms with van der Waals surface area (Å²) in [5.41, 5.74) is -0.536. The summed E-state index contributed by atoms with van der Waals surface area (Å²) in [6.45, 7) is 0. The van der Waals surface area contributed by atoms with Gasteiger partial charge in [-0.3, -0.25) is 0 Å². The Hall–Kier alpha value is -2.09. The van der Waals surface area contributed by atoms with Crippen LogP contribution in [-0.2, 0) is 19.1 Å². The van der Waals surface area contributed by atoms with Crippen LogP contribution in [0.15, 0.2) is 28.4 Å². The highest BCUT2D eigenvalue weighted by Gasteiger charge is 2.16. The first-order chi connectivity index (χ1) is 9.38. The number of halogens is 2. The van der Waals surface area contributed by atoms with E-state index in [-0.39, 0.29) is 21.6 Å². The van der Waals surface area contributed by atoms with Crippen molar-refractivity contribution in [1.82, 2.24) is 0 Å².